The molecule has 0 bridgehead atoms. The number of hydrogen-bond donors (Lipinski definition) is 1. The number of Topliss-reactive ketones (excluding diaryl/α,β-unsaturated/α-hetero) is 1. The Morgan fingerprint density at radius 2 is 1.83 bits per heavy atom. The molecule has 0 aliphatic heterocycles. The summed E-state index contributed by atoms with van der Waals surface area (Å²) >= 11 is 0. The van der Waals surface area contributed by atoms with Crippen LogP contribution in [0, 0.1) is 0 Å². The van der Waals surface area contributed by atoms with Crippen molar-refractivity contribution in [1.29, 1.82) is 0 Å². The molecule has 3 nitrogen and oxygen atoms in total. The van der Waals surface area contributed by atoms with Gasteiger partial charge in [0, 0.05) is 25.0 Å². The van der Waals surface area contributed by atoms with Crippen molar-refractivity contribution in [3.63, 3.8) is 0 Å². The van der Waals surface area contributed by atoms with E-state index >= 15 is 0 Å². The Labute approximate surface area is 107 Å². The van der Waals surface area contributed by atoms with Crippen LogP contribution >= 0.6 is 0 Å². The Morgan fingerprint density at radius 3 is 2.50 bits per heavy atom. The number of rotatable bonds is 8. The van der Waals surface area contributed by atoms with E-state index in [2.05, 4.69) is 0 Å². The van der Waals surface area contributed by atoms with Gasteiger partial charge in [-0.15, -0.1) is 0 Å². The largest absolute Gasteiger partial charge is 0.396 e. The molecule has 0 aliphatic carbocycles. The average Bonchev–Trinajstić information content (AvgIpc) is 2.42. The number of hydrogen-bond acceptors (Lipinski definition) is 3. The molecule has 0 saturated heterocycles. The van der Waals surface area contributed by atoms with E-state index in [1.165, 1.54) is 6.08 Å². The third kappa shape index (κ3) is 5.55. The third-order valence-corrected chi connectivity index (χ3v) is 2.53. The maximum atomic E-state index is 11.7. The van der Waals surface area contributed by atoms with Crippen molar-refractivity contribution in [2.75, 3.05) is 6.61 Å². The standard InChI is InChI=1S/C15H18O3/c16-12-6-10-14(17)9-4-5-11-15(18)13-7-2-1-3-8-13/h1-3,5,7-8,11,16H,4,6,9-10,12H2/b11-5+. The van der Waals surface area contributed by atoms with Crippen LogP contribution in [0.5, 0.6) is 0 Å². The molecule has 0 amide bonds. The van der Waals surface area contributed by atoms with E-state index in [9.17, 15) is 9.59 Å². The Morgan fingerprint density at radius 1 is 1.11 bits per heavy atom. The van der Waals surface area contributed by atoms with Crippen molar-refractivity contribution >= 4 is 11.6 Å². The van der Waals surface area contributed by atoms with Gasteiger partial charge >= 0.3 is 0 Å². The first-order valence-electron chi connectivity index (χ1n) is 6.12. The van der Waals surface area contributed by atoms with Crippen LogP contribution in [0.2, 0.25) is 0 Å². The molecule has 0 unspecified atom stereocenters. The zero-order chi connectivity index (χ0) is 13.2. The van der Waals surface area contributed by atoms with Crippen LogP contribution in [0.4, 0.5) is 0 Å². The number of aliphatic hydroxyl groups is 1. The second kappa shape index (κ2) is 8.37. The number of allylic oxidation sites excluding steroid dienone is 2. The average molecular weight is 246 g/mol. The topological polar surface area (TPSA) is 54.4 Å². The molecule has 1 aromatic rings. The lowest BCUT2D eigenvalue weighted by atomic mass is 10.1. The van der Waals surface area contributed by atoms with E-state index in [0.29, 0.717) is 31.2 Å². The molecular formula is C15H18O3. The highest BCUT2D eigenvalue weighted by Crippen LogP contribution is 2.03. The van der Waals surface area contributed by atoms with Crippen LogP contribution in [0.1, 0.15) is 36.0 Å². The highest BCUT2D eigenvalue weighted by molar-refractivity contribution is 6.04. The van der Waals surface area contributed by atoms with Crippen molar-refractivity contribution in [2.45, 2.75) is 25.7 Å². The fourth-order valence-electron chi connectivity index (χ4n) is 1.53. The maximum absolute atomic E-state index is 11.7. The van der Waals surface area contributed by atoms with E-state index in [1.807, 2.05) is 18.2 Å². The van der Waals surface area contributed by atoms with Crippen molar-refractivity contribution in [1.82, 2.24) is 0 Å². The van der Waals surface area contributed by atoms with Crippen molar-refractivity contribution in [3.05, 3.63) is 48.0 Å². The summed E-state index contributed by atoms with van der Waals surface area (Å²) in [5.74, 6) is 0.0827. The summed E-state index contributed by atoms with van der Waals surface area (Å²) in [4.78, 5) is 22.9. The molecule has 0 heterocycles. The molecule has 0 saturated carbocycles. The third-order valence-electron chi connectivity index (χ3n) is 2.53. The smallest absolute Gasteiger partial charge is 0.185 e. The summed E-state index contributed by atoms with van der Waals surface area (Å²) in [5, 5.41) is 8.57. The lowest BCUT2D eigenvalue weighted by Crippen LogP contribution is -1.98. The molecule has 0 radical (unpaired) electrons. The van der Waals surface area contributed by atoms with Crippen molar-refractivity contribution in [3.8, 4) is 0 Å². The Bertz CT molecular complexity index is 407. The van der Waals surface area contributed by atoms with Crippen molar-refractivity contribution in [2.24, 2.45) is 0 Å². The second-order valence-corrected chi connectivity index (χ2v) is 4.04. The predicted octanol–water partition coefficient (Wildman–Crippen LogP) is 2.55. The predicted molar refractivity (Wildman–Crippen MR) is 70.5 cm³/mol. The molecule has 0 atom stereocenters. The van der Waals surface area contributed by atoms with Gasteiger partial charge in [-0.05, 0) is 18.9 Å². The molecular weight excluding hydrogens is 228 g/mol. The van der Waals surface area contributed by atoms with Crippen LogP contribution in [0.25, 0.3) is 0 Å². The second-order valence-electron chi connectivity index (χ2n) is 4.04. The lowest BCUT2D eigenvalue weighted by Gasteiger charge is -1.96. The van der Waals surface area contributed by atoms with Gasteiger partial charge in [-0.1, -0.05) is 36.4 Å². The minimum atomic E-state index is -0.0431. The molecule has 0 aromatic heterocycles. The van der Waals surface area contributed by atoms with Crippen molar-refractivity contribution < 1.29 is 14.7 Å². The Kier molecular flexibility index (Phi) is 6.66. The quantitative estimate of drug-likeness (QED) is 0.566. The number of carbonyl (C=O) groups is 2. The maximum Gasteiger partial charge on any atom is 0.185 e. The normalized spacial score (nSPS) is 10.7. The Hall–Kier alpha value is -1.74. The molecule has 0 aliphatic rings. The molecule has 0 spiro atoms. The molecule has 3 heteroatoms. The van der Waals surface area contributed by atoms with Crippen LogP contribution in [0.15, 0.2) is 42.5 Å². The fraction of sp³-hybridized carbons (Fsp3) is 0.333. The van der Waals surface area contributed by atoms with Crippen LogP contribution < -0.4 is 0 Å². The van der Waals surface area contributed by atoms with Gasteiger partial charge in [0.25, 0.3) is 0 Å². The molecule has 1 N–H and O–H groups in total. The Balaban J connectivity index is 2.29. The number of benzene rings is 1. The zero-order valence-corrected chi connectivity index (χ0v) is 10.3. The minimum Gasteiger partial charge on any atom is -0.396 e. The monoisotopic (exact) mass is 246 g/mol. The van der Waals surface area contributed by atoms with Gasteiger partial charge < -0.3 is 5.11 Å². The summed E-state index contributed by atoms with van der Waals surface area (Å²) in [7, 11) is 0. The SMILES string of the molecule is O=C(CC/C=C/C(=O)c1ccccc1)CCCO. The molecule has 96 valence electrons. The number of carbonyl (C=O) groups excluding carboxylic acids is 2. The molecule has 1 rings (SSSR count). The number of ketones is 2. The van der Waals surface area contributed by atoms with Gasteiger partial charge in [-0.2, -0.15) is 0 Å². The summed E-state index contributed by atoms with van der Waals surface area (Å²) in [5.41, 5.74) is 0.653. The summed E-state index contributed by atoms with van der Waals surface area (Å²) in [6.07, 6.45) is 5.17. The number of aliphatic hydroxyl groups excluding tert-OH is 1. The van der Waals surface area contributed by atoms with Crippen LogP contribution in [-0.2, 0) is 4.79 Å². The van der Waals surface area contributed by atoms with E-state index in [-0.39, 0.29) is 18.2 Å². The highest BCUT2D eigenvalue weighted by Gasteiger charge is 2.01. The minimum absolute atomic E-state index is 0.0431. The van der Waals surface area contributed by atoms with Gasteiger partial charge in [0.05, 0.1) is 0 Å². The molecule has 1 aromatic carbocycles. The van der Waals surface area contributed by atoms with E-state index in [1.54, 1.807) is 18.2 Å². The van der Waals surface area contributed by atoms with E-state index in [0.717, 1.165) is 0 Å². The first-order valence-corrected chi connectivity index (χ1v) is 6.12. The van der Waals surface area contributed by atoms with Gasteiger partial charge in [0.2, 0.25) is 0 Å². The fourth-order valence-corrected chi connectivity index (χ4v) is 1.53. The summed E-state index contributed by atoms with van der Waals surface area (Å²) in [6, 6.07) is 9.03. The van der Waals surface area contributed by atoms with E-state index < -0.39 is 0 Å². The lowest BCUT2D eigenvalue weighted by molar-refractivity contribution is -0.119. The molecule has 0 fully saturated rings. The van der Waals surface area contributed by atoms with Gasteiger partial charge in [0.1, 0.15) is 5.78 Å². The van der Waals surface area contributed by atoms with Gasteiger partial charge in [-0.25, -0.2) is 0 Å². The first-order chi connectivity index (χ1) is 8.74. The first kappa shape index (κ1) is 14.3. The summed E-state index contributed by atoms with van der Waals surface area (Å²) in [6.45, 7) is 0.0497. The van der Waals surface area contributed by atoms with Gasteiger partial charge in [-0.3, -0.25) is 9.59 Å². The van der Waals surface area contributed by atoms with Crippen LogP contribution in [-0.4, -0.2) is 23.3 Å². The highest BCUT2D eigenvalue weighted by atomic mass is 16.3. The zero-order valence-electron chi connectivity index (χ0n) is 10.3. The summed E-state index contributed by atoms with van der Waals surface area (Å²) < 4.78 is 0. The molecule has 18 heavy (non-hydrogen) atoms. The van der Waals surface area contributed by atoms with Gasteiger partial charge in [0.15, 0.2) is 5.78 Å². The van der Waals surface area contributed by atoms with Crippen LogP contribution in [0.3, 0.4) is 0 Å². The van der Waals surface area contributed by atoms with E-state index in [4.69, 9.17) is 5.11 Å².